The zero-order valence-corrected chi connectivity index (χ0v) is 11.6. The van der Waals surface area contributed by atoms with Gasteiger partial charge in [-0.15, -0.1) is 11.3 Å². The molecule has 0 aromatic carbocycles. The van der Waals surface area contributed by atoms with Gasteiger partial charge in [-0.05, 0) is 25.3 Å². The van der Waals surface area contributed by atoms with Crippen molar-refractivity contribution in [1.29, 1.82) is 0 Å². The molecule has 2 heterocycles. The lowest BCUT2D eigenvalue weighted by Crippen LogP contribution is -2.50. The van der Waals surface area contributed by atoms with Crippen molar-refractivity contribution in [3.63, 3.8) is 0 Å². The van der Waals surface area contributed by atoms with Crippen molar-refractivity contribution < 1.29 is 0 Å². The molecule has 0 saturated carbocycles. The fraction of sp³-hybridized carbons (Fsp3) is 0.692. The van der Waals surface area contributed by atoms with E-state index in [2.05, 4.69) is 41.2 Å². The van der Waals surface area contributed by atoms with Crippen LogP contribution in [0.15, 0.2) is 17.5 Å². The van der Waals surface area contributed by atoms with Crippen molar-refractivity contribution in [2.24, 2.45) is 5.73 Å². The lowest BCUT2D eigenvalue weighted by atomic mass is 10.1. The number of hydrogen-bond acceptors (Lipinski definition) is 4. The third-order valence-electron chi connectivity index (χ3n) is 3.61. The lowest BCUT2D eigenvalue weighted by Gasteiger charge is -2.40. The largest absolute Gasteiger partial charge is 0.329 e. The van der Waals surface area contributed by atoms with Gasteiger partial charge in [-0.1, -0.05) is 6.07 Å². The molecule has 2 N–H and O–H groups in total. The summed E-state index contributed by atoms with van der Waals surface area (Å²) in [6.07, 6.45) is 0. The standard InChI is InChI=1S/C13H23N3S/c1-11(2)15-5-7-16(8-6-15)12(10-14)13-4-3-9-17-13/h3-4,9,11-12H,5-8,10,14H2,1-2H3. The minimum atomic E-state index is 0.421. The van der Waals surface area contributed by atoms with Crippen LogP contribution >= 0.6 is 11.3 Å². The first-order valence-electron chi connectivity index (χ1n) is 6.44. The van der Waals surface area contributed by atoms with Gasteiger partial charge < -0.3 is 5.73 Å². The van der Waals surface area contributed by atoms with Crippen LogP contribution in [0.2, 0.25) is 0 Å². The van der Waals surface area contributed by atoms with E-state index in [4.69, 9.17) is 5.73 Å². The van der Waals surface area contributed by atoms with Crippen molar-refractivity contribution >= 4 is 11.3 Å². The van der Waals surface area contributed by atoms with Gasteiger partial charge in [-0.3, -0.25) is 9.80 Å². The molecule has 2 rings (SSSR count). The molecule has 0 radical (unpaired) electrons. The smallest absolute Gasteiger partial charge is 0.0565 e. The van der Waals surface area contributed by atoms with Crippen LogP contribution in [0.1, 0.15) is 24.8 Å². The summed E-state index contributed by atoms with van der Waals surface area (Å²) < 4.78 is 0. The highest BCUT2D eigenvalue weighted by atomic mass is 32.1. The van der Waals surface area contributed by atoms with Gasteiger partial charge in [0.05, 0.1) is 6.04 Å². The molecule has 4 heteroatoms. The average Bonchev–Trinajstić information content (AvgIpc) is 2.84. The summed E-state index contributed by atoms with van der Waals surface area (Å²) >= 11 is 1.82. The first-order valence-corrected chi connectivity index (χ1v) is 7.32. The summed E-state index contributed by atoms with van der Waals surface area (Å²) in [6, 6.07) is 5.41. The zero-order valence-electron chi connectivity index (χ0n) is 10.8. The Balaban J connectivity index is 1.95. The molecule has 1 unspecified atom stereocenters. The van der Waals surface area contributed by atoms with Gasteiger partial charge in [-0.25, -0.2) is 0 Å². The maximum Gasteiger partial charge on any atom is 0.0565 e. The van der Waals surface area contributed by atoms with Gasteiger partial charge in [0.15, 0.2) is 0 Å². The fourth-order valence-electron chi connectivity index (χ4n) is 2.49. The summed E-state index contributed by atoms with van der Waals surface area (Å²) in [5, 5.41) is 2.14. The van der Waals surface area contributed by atoms with Crippen molar-refractivity contribution in [3.8, 4) is 0 Å². The SMILES string of the molecule is CC(C)N1CCN(C(CN)c2cccs2)CC1. The minimum Gasteiger partial charge on any atom is -0.329 e. The molecule has 1 saturated heterocycles. The van der Waals surface area contributed by atoms with Gasteiger partial charge in [0, 0.05) is 43.6 Å². The van der Waals surface area contributed by atoms with Crippen LogP contribution in [0.5, 0.6) is 0 Å². The molecule has 1 aliphatic heterocycles. The molecule has 0 amide bonds. The quantitative estimate of drug-likeness (QED) is 0.888. The van der Waals surface area contributed by atoms with Crippen LogP contribution in [0.25, 0.3) is 0 Å². The first-order chi connectivity index (χ1) is 8.22. The van der Waals surface area contributed by atoms with Crippen molar-refractivity contribution in [1.82, 2.24) is 9.80 Å². The van der Waals surface area contributed by atoms with Crippen molar-refractivity contribution in [2.45, 2.75) is 25.9 Å². The predicted octanol–water partition coefficient (Wildman–Crippen LogP) is 1.77. The molecule has 0 aliphatic carbocycles. The second-order valence-corrected chi connectivity index (χ2v) is 5.91. The molecule has 1 aromatic rings. The van der Waals surface area contributed by atoms with Crippen molar-refractivity contribution in [2.75, 3.05) is 32.7 Å². The van der Waals surface area contributed by atoms with Crippen LogP contribution < -0.4 is 5.73 Å². The summed E-state index contributed by atoms with van der Waals surface area (Å²) in [5.74, 6) is 0. The maximum atomic E-state index is 5.94. The summed E-state index contributed by atoms with van der Waals surface area (Å²) in [6.45, 7) is 9.88. The normalized spacial score (nSPS) is 20.9. The molecule has 0 spiro atoms. The van der Waals surface area contributed by atoms with E-state index in [0.717, 1.165) is 19.6 Å². The lowest BCUT2D eigenvalue weighted by molar-refractivity contribution is 0.0813. The zero-order chi connectivity index (χ0) is 12.3. The van der Waals surface area contributed by atoms with Gasteiger partial charge in [-0.2, -0.15) is 0 Å². The highest BCUT2D eigenvalue weighted by Gasteiger charge is 2.25. The summed E-state index contributed by atoms with van der Waals surface area (Å²) in [4.78, 5) is 6.48. The highest BCUT2D eigenvalue weighted by molar-refractivity contribution is 7.10. The number of piperazine rings is 1. The van der Waals surface area contributed by atoms with E-state index in [-0.39, 0.29) is 0 Å². The molecular formula is C13H23N3S. The second-order valence-electron chi connectivity index (χ2n) is 4.93. The predicted molar refractivity (Wildman–Crippen MR) is 74.4 cm³/mol. The topological polar surface area (TPSA) is 32.5 Å². The summed E-state index contributed by atoms with van der Waals surface area (Å²) in [5.41, 5.74) is 5.94. The number of rotatable bonds is 4. The van der Waals surface area contributed by atoms with E-state index in [9.17, 15) is 0 Å². The molecule has 1 aliphatic rings. The Bertz CT molecular complexity index is 315. The number of nitrogens with zero attached hydrogens (tertiary/aromatic N) is 2. The third kappa shape index (κ3) is 3.07. The van der Waals surface area contributed by atoms with E-state index in [1.807, 2.05) is 11.3 Å². The van der Waals surface area contributed by atoms with Crippen LogP contribution in [-0.4, -0.2) is 48.6 Å². The molecule has 1 fully saturated rings. The van der Waals surface area contributed by atoms with Gasteiger partial charge in [0.2, 0.25) is 0 Å². The van der Waals surface area contributed by atoms with Gasteiger partial charge in [0.25, 0.3) is 0 Å². The van der Waals surface area contributed by atoms with Crippen LogP contribution in [-0.2, 0) is 0 Å². The monoisotopic (exact) mass is 253 g/mol. The highest BCUT2D eigenvalue weighted by Crippen LogP contribution is 2.25. The molecule has 1 aromatic heterocycles. The molecule has 0 bridgehead atoms. The number of thiophene rings is 1. The first kappa shape index (κ1) is 13.0. The maximum absolute atomic E-state index is 5.94. The second kappa shape index (κ2) is 5.96. The molecule has 1 atom stereocenters. The Morgan fingerprint density at radius 2 is 1.88 bits per heavy atom. The van der Waals surface area contributed by atoms with Gasteiger partial charge >= 0.3 is 0 Å². The molecule has 96 valence electrons. The van der Waals surface area contributed by atoms with E-state index in [0.29, 0.717) is 12.1 Å². The Kier molecular flexibility index (Phi) is 4.56. The van der Waals surface area contributed by atoms with E-state index >= 15 is 0 Å². The van der Waals surface area contributed by atoms with Gasteiger partial charge in [0.1, 0.15) is 0 Å². The van der Waals surface area contributed by atoms with Crippen LogP contribution in [0.4, 0.5) is 0 Å². The van der Waals surface area contributed by atoms with E-state index < -0.39 is 0 Å². The van der Waals surface area contributed by atoms with Crippen molar-refractivity contribution in [3.05, 3.63) is 22.4 Å². The minimum absolute atomic E-state index is 0.421. The van der Waals surface area contributed by atoms with E-state index in [1.165, 1.54) is 18.0 Å². The fourth-order valence-corrected chi connectivity index (χ4v) is 3.37. The number of nitrogens with two attached hydrogens (primary N) is 1. The molecular weight excluding hydrogens is 230 g/mol. The number of hydrogen-bond donors (Lipinski definition) is 1. The molecule has 17 heavy (non-hydrogen) atoms. The van der Waals surface area contributed by atoms with Crippen LogP contribution in [0.3, 0.4) is 0 Å². The van der Waals surface area contributed by atoms with E-state index in [1.54, 1.807) is 0 Å². The third-order valence-corrected chi connectivity index (χ3v) is 4.59. The summed E-state index contributed by atoms with van der Waals surface area (Å²) in [7, 11) is 0. The Hall–Kier alpha value is -0.420. The Morgan fingerprint density at radius 1 is 1.24 bits per heavy atom. The Morgan fingerprint density at radius 3 is 2.35 bits per heavy atom. The average molecular weight is 253 g/mol. The van der Waals surface area contributed by atoms with Crippen LogP contribution in [0, 0.1) is 0 Å². The Labute approximate surface area is 108 Å². The molecule has 3 nitrogen and oxygen atoms in total.